The molecule has 0 aliphatic carbocycles. The maximum Gasteiger partial charge on any atom is 0.247 e. The van der Waals surface area contributed by atoms with Gasteiger partial charge in [-0.3, -0.25) is 4.90 Å². The highest BCUT2D eigenvalue weighted by Gasteiger charge is 2.11. The molecule has 0 saturated carbocycles. The van der Waals surface area contributed by atoms with Crippen molar-refractivity contribution >= 4 is 28.9 Å². The lowest BCUT2D eigenvalue weighted by Gasteiger charge is -2.15. The van der Waals surface area contributed by atoms with E-state index in [0.29, 0.717) is 18.4 Å². The quantitative estimate of drug-likeness (QED) is 0.369. The van der Waals surface area contributed by atoms with Gasteiger partial charge in [-0.2, -0.15) is 4.98 Å². The predicted octanol–water partition coefficient (Wildman–Crippen LogP) is 5.35. The number of alkyl halides is 1. The number of aromatic nitrogens is 3. The third kappa shape index (κ3) is 4.71. The zero-order valence-corrected chi connectivity index (χ0v) is 18.6. The third-order valence-electron chi connectivity index (χ3n) is 5.72. The summed E-state index contributed by atoms with van der Waals surface area (Å²) in [6, 6.07) is 22.1. The number of nitrogens with one attached hydrogen (secondary N) is 1. The van der Waals surface area contributed by atoms with Crippen LogP contribution in [0.4, 0.5) is 11.6 Å². The van der Waals surface area contributed by atoms with Gasteiger partial charge in [-0.05, 0) is 74.0 Å². The second kappa shape index (κ2) is 9.59. The topological polar surface area (TPSA) is 54.7 Å². The van der Waals surface area contributed by atoms with Gasteiger partial charge in [-0.25, -0.2) is 4.52 Å². The molecular formula is C25H26ClN5O. The molecule has 0 bridgehead atoms. The molecule has 6 nitrogen and oxygen atoms in total. The van der Waals surface area contributed by atoms with Crippen LogP contribution in [0.25, 0.3) is 16.9 Å². The molecule has 2 aromatic heterocycles. The minimum atomic E-state index is 0.478. The van der Waals surface area contributed by atoms with E-state index < -0.39 is 0 Å². The molecule has 1 aliphatic rings. The molecule has 0 unspecified atom stereocenters. The number of nitrogens with zero attached hydrogens (tertiary/aromatic N) is 4. The van der Waals surface area contributed by atoms with Gasteiger partial charge in [0.15, 0.2) is 5.65 Å². The first-order valence-corrected chi connectivity index (χ1v) is 11.6. The number of ether oxygens (including phenoxy) is 1. The summed E-state index contributed by atoms with van der Waals surface area (Å²) in [4.78, 5) is 7.08. The van der Waals surface area contributed by atoms with Gasteiger partial charge in [0.25, 0.3) is 0 Å². The Morgan fingerprint density at radius 1 is 0.969 bits per heavy atom. The fourth-order valence-electron chi connectivity index (χ4n) is 4.05. The van der Waals surface area contributed by atoms with Crippen LogP contribution in [-0.2, 0) is 5.88 Å². The second-order valence-corrected chi connectivity index (χ2v) is 8.26. The molecule has 164 valence electrons. The van der Waals surface area contributed by atoms with Gasteiger partial charge in [0.1, 0.15) is 12.4 Å². The van der Waals surface area contributed by atoms with Crippen molar-refractivity contribution in [1.82, 2.24) is 19.5 Å². The summed E-state index contributed by atoms with van der Waals surface area (Å²) < 4.78 is 7.74. The molecule has 32 heavy (non-hydrogen) atoms. The van der Waals surface area contributed by atoms with Crippen LogP contribution in [-0.4, -0.2) is 45.7 Å². The number of benzene rings is 2. The van der Waals surface area contributed by atoms with Crippen molar-refractivity contribution in [3.63, 3.8) is 0 Å². The minimum Gasteiger partial charge on any atom is -0.492 e. The predicted molar refractivity (Wildman–Crippen MR) is 129 cm³/mol. The standard InChI is InChI=1S/C25H26ClN5O/c26-18-19-5-3-6-20(17-19)23-7-4-8-24-28-25(29-31(23)24)27-21-9-11-22(12-10-21)32-16-15-30-13-1-2-14-30/h3-12,17H,1-2,13-16,18H2,(H,27,29). The van der Waals surface area contributed by atoms with Gasteiger partial charge in [-0.1, -0.05) is 24.3 Å². The molecule has 5 rings (SSSR count). The smallest absolute Gasteiger partial charge is 0.247 e. The molecule has 2 aromatic carbocycles. The zero-order chi connectivity index (χ0) is 21.8. The lowest BCUT2D eigenvalue weighted by molar-refractivity contribution is 0.238. The van der Waals surface area contributed by atoms with Gasteiger partial charge >= 0.3 is 0 Å². The van der Waals surface area contributed by atoms with Crippen molar-refractivity contribution in [1.29, 1.82) is 0 Å². The molecule has 0 atom stereocenters. The molecule has 1 saturated heterocycles. The summed E-state index contributed by atoms with van der Waals surface area (Å²) in [5.41, 5.74) is 4.79. The van der Waals surface area contributed by atoms with Crippen LogP contribution in [0.2, 0.25) is 0 Å². The lowest BCUT2D eigenvalue weighted by Crippen LogP contribution is -2.25. The first-order valence-electron chi connectivity index (χ1n) is 11.0. The number of likely N-dealkylation sites (tertiary alicyclic amines) is 1. The van der Waals surface area contributed by atoms with Crippen LogP contribution in [0.3, 0.4) is 0 Å². The average molecular weight is 448 g/mol. The van der Waals surface area contributed by atoms with Crippen molar-refractivity contribution in [2.45, 2.75) is 18.7 Å². The van der Waals surface area contributed by atoms with Crippen LogP contribution in [0, 0.1) is 0 Å². The lowest BCUT2D eigenvalue weighted by atomic mass is 10.1. The summed E-state index contributed by atoms with van der Waals surface area (Å²) in [6.07, 6.45) is 2.61. The Bertz CT molecular complexity index is 1180. The van der Waals surface area contributed by atoms with E-state index in [1.54, 1.807) is 0 Å². The minimum absolute atomic E-state index is 0.478. The largest absolute Gasteiger partial charge is 0.492 e. The Balaban J connectivity index is 1.28. The summed E-state index contributed by atoms with van der Waals surface area (Å²) in [6.45, 7) is 4.09. The highest BCUT2D eigenvalue weighted by Crippen LogP contribution is 2.24. The van der Waals surface area contributed by atoms with Gasteiger partial charge in [0.05, 0.1) is 5.69 Å². The van der Waals surface area contributed by atoms with E-state index in [0.717, 1.165) is 40.4 Å². The summed E-state index contributed by atoms with van der Waals surface area (Å²) in [5, 5.41) is 7.98. The Kier molecular flexibility index (Phi) is 6.23. The van der Waals surface area contributed by atoms with E-state index >= 15 is 0 Å². The summed E-state index contributed by atoms with van der Waals surface area (Å²) in [5.74, 6) is 1.90. The fourth-order valence-corrected chi connectivity index (χ4v) is 4.22. The fraction of sp³-hybridized carbons (Fsp3) is 0.280. The monoisotopic (exact) mass is 447 g/mol. The van der Waals surface area contributed by atoms with Crippen LogP contribution >= 0.6 is 11.6 Å². The van der Waals surface area contributed by atoms with E-state index in [4.69, 9.17) is 16.3 Å². The summed E-state index contributed by atoms with van der Waals surface area (Å²) in [7, 11) is 0. The Morgan fingerprint density at radius 3 is 2.59 bits per heavy atom. The molecule has 3 heterocycles. The second-order valence-electron chi connectivity index (χ2n) is 8.00. The molecule has 1 fully saturated rings. The number of halogens is 1. The average Bonchev–Trinajstić information content (AvgIpc) is 3.49. The van der Waals surface area contributed by atoms with Crippen molar-refractivity contribution in [2.24, 2.45) is 0 Å². The van der Waals surface area contributed by atoms with E-state index in [1.165, 1.54) is 25.9 Å². The number of rotatable bonds is 8. The Morgan fingerprint density at radius 2 is 1.78 bits per heavy atom. The van der Waals surface area contributed by atoms with Gasteiger partial charge in [-0.15, -0.1) is 16.7 Å². The maximum atomic E-state index is 6.01. The number of pyridine rings is 1. The molecule has 1 aliphatic heterocycles. The number of anilines is 2. The molecule has 0 radical (unpaired) electrons. The highest BCUT2D eigenvalue weighted by atomic mass is 35.5. The van der Waals surface area contributed by atoms with Crippen LogP contribution in [0.5, 0.6) is 5.75 Å². The molecule has 1 N–H and O–H groups in total. The van der Waals surface area contributed by atoms with E-state index in [1.807, 2.05) is 59.1 Å². The van der Waals surface area contributed by atoms with E-state index in [2.05, 4.69) is 32.4 Å². The Hall–Kier alpha value is -3.09. The van der Waals surface area contributed by atoms with Crippen molar-refractivity contribution < 1.29 is 4.74 Å². The highest BCUT2D eigenvalue weighted by molar-refractivity contribution is 6.17. The molecule has 7 heteroatoms. The molecule has 0 spiro atoms. The number of fused-ring (bicyclic) bond motifs is 1. The van der Waals surface area contributed by atoms with E-state index in [9.17, 15) is 0 Å². The van der Waals surface area contributed by atoms with Gasteiger partial charge in [0, 0.05) is 23.7 Å². The maximum absolute atomic E-state index is 6.01. The van der Waals surface area contributed by atoms with E-state index in [-0.39, 0.29) is 0 Å². The molecule has 0 amide bonds. The molecular weight excluding hydrogens is 422 g/mol. The van der Waals surface area contributed by atoms with Gasteiger partial charge < -0.3 is 10.1 Å². The Labute approximate surface area is 192 Å². The van der Waals surface area contributed by atoms with Crippen molar-refractivity contribution in [3.8, 4) is 17.0 Å². The van der Waals surface area contributed by atoms with Crippen LogP contribution < -0.4 is 10.1 Å². The first kappa shape index (κ1) is 20.8. The van der Waals surface area contributed by atoms with Crippen LogP contribution in [0.15, 0.2) is 66.7 Å². The SMILES string of the molecule is ClCc1cccc(-c2cccc3nc(Nc4ccc(OCCN5CCCC5)cc4)nn23)c1. The number of hydrogen-bond donors (Lipinski definition) is 1. The number of hydrogen-bond acceptors (Lipinski definition) is 5. The third-order valence-corrected chi connectivity index (χ3v) is 6.03. The summed E-state index contributed by atoms with van der Waals surface area (Å²) >= 11 is 6.01. The normalized spacial score (nSPS) is 14.2. The first-order chi connectivity index (χ1) is 15.8. The molecule has 4 aromatic rings. The zero-order valence-electron chi connectivity index (χ0n) is 17.9. The van der Waals surface area contributed by atoms with Crippen molar-refractivity contribution in [3.05, 3.63) is 72.3 Å². The van der Waals surface area contributed by atoms with Gasteiger partial charge in [0.2, 0.25) is 5.95 Å². The van der Waals surface area contributed by atoms with Crippen LogP contribution in [0.1, 0.15) is 18.4 Å². The van der Waals surface area contributed by atoms with Crippen molar-refractivity contribution in [2.75, 3.05) is 31.6 Å².